The number of hydrogen-bond acceptors (Lipinski definition) is 4. The highest BCUT2D eigenvalue weighted by Gasteiger charge is 2.20. The zero-order valence-electron chi connectivity index (χ0n) is 14.9. The van der Waals surface area contributed by atoms with E-state index in [4.69, 9.17) is 4.74 Å². The van der Waals surface area contributed by atoms with Gasteiger partial charge in [0.05, 0.1) is 6.04 Å². The lowest BCUT2D eigenvalue weighted by Gasteiger charge is -2.28. The Bertz CT molecular complexity index is 946. The molecule has 1 saturated heterocycles. The molecule has 4 nitrogen and oxygen atoms in total. The van der Waals surface area contributed by atoms with E-state index in [2.05, 4.69) is 40.3 Å². The molecule has 2 aromatic carbocycles. The zero-order valence-corrected chi connectivity index (χ0v) is 15.7. The lowest BCUT2D eigenvalue weighted by Crippen LogP contribution is -2.50. The number of carbonyl (C=O) groups excluding carboxylic acids is 1. The van der Waals surface area contributed by atoms with Gasteiger partial charge in [0.25, 0.3) is 5.91 Å². The second kappa shape index (κ2) is 7.09. The van der Waals surface area contributed by atoms with E-state index in [0.29, 0.717) is 5.56 Å². The van der Waals surface area contributed by atoms with E-state index in [1.807, 2.05) is 32.0 Å². The average molecular weight is 366 g/mol. The third-order valence-electron chi connectivity index (χ3n) is 4.82. The van der Waals surface area contributed by atoms with Crippen LogP contribution in [0.5, 0.6) is 5.75 Å². The minimum Gasteiger partial charge on any atom is -0.488 e. The van der Waals surface area contributed by atoms with Crippen molar-refractivity contribution in [3.8, 4) is 5.75 Å². The molecule has 0 aliphatic carbocycles. The Kier molecular flexibility index (Phi) is 4.66. The molecule has 1 aliphatic heterocycles. The van der Waals surface area contributed by atoms with Crippen LogP contribution in [0.2, 0.25) is 0 Å². The Morgan fingerprint density at radius 2 is 2.08 bits per heavy atom. The molecule has 0 radical (unpaired) electrons. The molecule has 0 unspecified atom stereocenters. The number of aryl methyl sites for hydroxylation is 1. The number of thiophene rings is 1. The van der Waals surface area contributed by atoms with Crippen LogP contribution >= 0.6 is 11.3 Å². The average Bonchev–Trinajstić information content (AvgIpc) is 3.06. The van der Waals surface area contributed by atoms with Crippen LogP contribution in [0.15, 0.2) is 47.8 Å². The van der Waals surface area contributed by atoms with Crippen molar-refractivity contribution in [3.63, 3.8) is 0 Å². The molecule has 1 fully saturated rings. The van der Waals surface area contributed by atoms with Gasteiger partial charge < -0.3 is 15.4 Å². The summed E-state index contributed by atoms with van der Waals surface area (Å²) >= 11 is 1.73. The van der Waals surface area contributed by atoms with Gasteiger partial charge in [-0.25, -0.2) is 0 Å². The van der Waals surface area contributed by atoms with Crippen LogP contribution in [0.1, 0.15) is 34.5 Å². The van der Waals surface area contributed by atoms with Gasteiger partial charge in [-0.05, 0) is 66.1 Å². The third-order valence-corrected chi connectivity index (χ3v) is 5.72. The first-order valence-corrected chi connectivity index (χ1v) is 9.74. The van der Waals surface area contributed by atoms with Crippen molar-refractivity contribution in [2.75, 3.05) is 13.1 Å². The third kappa shape index (κ3) is 3.45. The molecule has 4 rings (SSSR count). The number of amides is 1. The summed E-state index contributed by atoms with van der Waals surface area (Å²) in [5.74, 6) is 0.678. The van der Waals surface area contributed by atoms with E-state index in [1.165, 1.54) is 10.1 Å². The van der Waals surface area contributed by atoms with Crippen LogP contribution in [0, 0.1) is 6.92 Å². The predicted molar refractivity (Wildman–Crippen MR) is 106 cm³/mol. The standard InChI is InChI=1S/C21H22N2O2S/c1-13-3-5-17(25-18-11-22-12-18)10-19(13)21(24)23-14(2)15-4-6-20-16(9-15)7-8-26-20/h3-10,14,18,22H,11-12H2,1-2H3,(H,23,24)/t14-/m1/s1. The number of carbonyl (C=O) groups is 1. The second-order valence-electron chi connectivity index (χ2n) is 6.79. The minimum absolute atomic E-state index is 0.0633. The highest BCUT2D eigenvalue weighted by atomic mass is 32.1. The van der Waals surface area contributed by atoms with Crippen molar-refractivity contribution in [2.45, 2.75) is 26.0 Å². The Labute approximate surface area is 157 Å². The van der Waals surface area contributed by atoms with Gasteiger partial charge in [0.1, 0.15) is 11.9 Å². The fourth-order valence-corrected chi connectivity index (χ4v) is 3.84. The van der Waals surface area contributed by atoms with E-state index < -0.39 is 0 Å². The van der Waals surface area contributed by atoms with E-state index in [0.717, 1.165) is 30.0 Å². The van der Waals surface area contributed by atoms with Crippen molar-refractivity contribution < 1.29 is 9.53 Å². The van der Waals surface area contributed by atoms with Crippen LogP contribution in [-0.2, 0) is 0 Å². The molecule has 1 aromatic heterocycles. The molecule has 3 aromatic rings. The van der Waals surface area contributed by atoms with Gasteiger partial charge in [-0.1, -0.05) is 12.1 Å². The van der Waals surface area contributed by atoms with Gasteiger partial charge in [-0.2, -0.15) is 0 Å². The Morgan fingerprint density at radius 1 is 1.23 bits per heavy atom. The number of hydrogen-bond donors (Lipinski definition) is 2. The summed E-state index contributed by atoms with van der Waals surface area (Å²) in [6.07, 6.45) is 0.199. The maximum atomic E-state index is 12.8. The number of rotatable bonds is 5. The molecule has 1 atom stereocenters. The molecule has 5 heteroatoms. The summed E-state index contributed by atoms with van der Waals surface area (Å²) in [6.45, 7) is 5.68. The van der Waals surface area contributed by atoms with Gasteiger partial charge in [-0.3, -0.25) is 4.79 Å². The summed E-state index contributed by atoms with van der Waals surface area (Å²) in [4.78, 5) is 12.8. The number of fused-ring (bicyclic) bond motifs is 1. The van der Waals surface area contributed by atoms with E-state index >= 15 is 0 Å². The second-order valence-corrected chi connectivity index (χ2v) is 7.74. The molecule has 1 amide bonds. The monoisotopic (exact) mass is 366 g/mol. The largest absolute Gasteiger partial charge is 0.488 e. The maximum absolute atomic E-state index is 12.8. The van der Waals surface area contributed by atoms with Gasteiger partial charge in [0, 0.05) is 23.4 Å². The van der Waals surface area contributed by atoms with Gasteiger partial charge in [-0.15, -0.1) is 11.3 Å². The van der Waals surface area contributed by atoms with E-state index in [-0.39, 0.29) is 18.1 Å². The fourth-order valence-electron chi connectivity index (χ4n) is 3.07. The highest BCUT2D eigenvalue weighted by Crippen LogP contribution is 2.25. The molecule has 0 bridgehead atoms. The SMILES string of the molecule is Cc1ccc(OC2CNC2)cc1C(=O)N[C@H](C)c1ccc2sccc2c1. The smallest absolute Gasteiger partial charge is 0.252 e. The number of nitrogens with one attached hydrogen (secondary N) is 2. The zero-order chi connectivity index (χ0) is 18.1. The molecule has 2 N–H and O–H groups in total. The summed E-state index contributed by atoms with van der Waals surface area (Å²) in [6, 6.07) is 14.1. The van der Waals surface area contributed by atoms with Gasteiger partial charge >= 0.3 is 0 Å². The lowest BCUT2D eigenvalue weighted by atomic mass is 10.0. The van der Waals surface area contributed by atoms with E-state index in [1.54, 1.807) is 11.3 Å². The molecule has 2 heterocycles. The maximum Gasteiger partial charge on any atom is 0.252 e. The molecule has 0 spiro atoms. The summed E-state index contributed by atoms with van der Waals surface area (Å²) in [5, 5.41) is 9.60. The summed E-state index contributed by atoms with van der Waals surface area (Å²) in [5.41, 5.74) is 2.72. The van der Waals surface area contributed by atoms with Crippen LogP contribution < -0.4 is 15.4 Å². The van der Waals surface area contributed by atoms with Crippen molar-refractivity contribution in [2.24, 2.45) is 0 Å². The number of ether oxygens (including phenoxy) is 1. The molecule has 1 aliphatic rings. The molecule has 0 saturated carbocycles. The quantitative estimate of drug-likeness (QED) is 0.716. The number of benzene rings is 2. The van der Waals surface area contributed by atoms with Crippen LogP contribution in [0.3, 0.4) is 0 Å². The van der Waals surface area contributed by atoms with Crippen molar-refractivity contribution in [3.05, 3.63) is 64.5 Å². The van der Waals surface area contributed by atoms with Crippen molar-refractivity contribution >= 4 is 27.3 Å². The molecular formula is C21H22N2O2S. The Hall–Kier alpha value is -2.37. The predicted octanol–water partition coefficient (Wildman–Crippen LogP) is 4.05. The Morgan fingerprint density at radius 3 is 2.85 bits per heavy atom. The first-order chi connectivity index (χ1) is 12.6. The lowest BCUT2D eigenvalue weighted by molar-refractivity contribution is 0.0937. The molecular weight excluding hydrogens is 344 g/mol. The Balaban J connectivity index is 1.50. The van der Waals surface area contributed by atoms with Crippen LogP contribution in [0.25, 0.3) is 10.1 Å². The molecule has 134 valence electrons. The van der Waals surface area contributed by atoms with E-state index in [9.17, 15) is 4.79 Å². The van der Waals surface area contributed by atoms with Crippen molar-refractivity contribution in [1.82, 2.24) is 10.6 Å². The fraction of sp³-hybridized carbons (Fsp3) is 0.286. The first-order valence-electron chi connectivity index (χ1n) is 8.86. The van der Waals surface area contributed by atoms with Gasteiger partial charge in [0.15, 0.2) is 0 Å². The first kappa shape index (κ1) is 17.1. The normalized spacial score (nSPS) is 15.5. The summed E-state index contributed by atoms with van der Waals surface area (Å²) < 4.78 is 7.15. The summed E-state index contributed by atoms with van der Waals surface area (Å²) in [7, 11) is 0. The van der Waals surface area contributed by atoms with Crippen LogP contribution in [-0.4, -0.2) is 25.1 Å². The van der Waals surface area contributed by atoms with Gasteiger partial charge in [0.2, 0.25) is 0 Å². The van der Waals surface area contributed by atoms with Crippen molar-refractivity contribution in [1.29, 1.82) is 0 Å². The molecule has 26 heavy (non-hydrogen) atoms. The minimum atomic E-state index is -0.0717. The topological polar surface area (TPSA) is 50.4 Å². The highest BCUT2D eigenvalue weighted by molar-refractivity contribution is 7.17. The van der Waals surface area contributed by atoms with Crippen LogP contribution in [0.4, 0.5) is 0 Å².